The van der Waals surface area contributed by atoms with Gasteiger partial charge in [0.05, 0.1) is 18.6 Å². The topological polar surface area (TPSA) is 116 Å². The van der Waals surface area contributed by atoms with Gasteiger partial charge in [0.1, 0.15) is 5.75 Å². The molecular weight excluding hydrogens is 515 g/mol. The second-order valence-electron chi connectivity index (χ2n) is 8.05. The van der Waals surface area contributed by atoms with Gasteiger partial charge in [-0.25, -0.2) is 13.2 Å². The molecule has 0 aliphatic carbocycles. The van der Waals surface area contributed by atoms with E-state index in [0.717, 1.165) is 25.1 Å². The number of benzene rings is 2. The molecule has 37 heavy (non-hydrogen) atoms. The average Bonchev–Trinajstić information content (AvgIpc) is 2.89. The third-order valence-electron chi connectivity index (χ3n) is 5.51. The smallest absolute Gasteiger partial charge is 0.490 e. The van der Waals surface area contributed by atoms with Gasteiger partial charge in [-0.05, 0) is 41.8 Å². The number of hydrogen-bond donors (Lipinski definition) is 2. The molecule has 0 spiro atoms. The van der Waals surface area contributed by atoms with Crippen LogP contribution in [0.3, 0.4) is 0 Å². The summed E-state index contributed by atoms with van der Waals surface area (Å²) < 4.78 is 64.9. The molecule has 204 valence electrons. The minimum absolute atomic E-state index is 0.135. The first kappa shape index (κ1) is 30.1. The summed E-state index contributed by atoms with van der Waals surface area (Å²) in [6.07, 6.45) is -4.17. The number of ether oxygens (including phenoxy) is 1. The normalized spacial score (nSPS) is 14.1. The van der Waals surface area contributed by atoms with E-state index in [4.69, 9.17) is 14.6 Å². The lowest BCUT2D eigenvalue weighted by Gasteiger charge is -2.30. The third kappa shape index (κ3) is 9.02. The molecule has 1 saturated heterocycles. The fraction of sp³-hybridized carbons (Fsp3) is 0.417. The number of hydrogen-bond acceptors (Lipinski definition) is 6. The van der Waals surface area contributed by atoms with Crippen molar-refractivity contribution in [1.29, 1.82) is 0 Å². The van der Waals surface area contributed by atoms with Gasteiger partial charge in [-0.1, -0.05) is 31.2 Å². The summed E-state index contributed by atoms with van der Waals surface area (Å²) in [5.41, 5.74) is 2.03. The van der Waals surface area contributed by atoms with E-state index in [0.29, 0.717) is 18.8 Å². The van der Waals surface area contributed by atoms with Crippen LogP contribution in [0.2, 0.25) is 0 Å². The lowest BCUT2D eigenvalue weighted by molar-refractivity contribution is -0.192. The fourth-order valence-corrected chi connectivity index (χ4v) is 4.75. The molecule has 0 saturated carbocycles. The van der Waals surface area contributed by atoms with E-state index in [2.05, 4.69) is 12.2 Å². The molecule has 3 rings (SSSR count). The van der Waals surface area contributed by atoms with Crippen LogP contribution in [-0.2, 0) is 32.6 Å². The average molecular weight is 546 g/mol. The van der Waals surface area contributed by atoms with Gasteiger partial charge in [-0.3, -0.25) is 4.79 Å². The molecule has 1 heterocycles. The number of alkyl halides is 3. The standard InChI is InChI=1S/C22H29N3O4S.C2HF3O2/c1-3-18-4-6-19(7-5-18)16-25(17-22(26)24-14-12-23-13-15-24)30(27,28)21-10-8-20(29-2)9-11-21;3-2(4,5)1(6)7/h4-11,23H,3,12-17H2,1-2H3;(H,6,7). The minimum Gasteiger partial charge on any atom is -0.497 e. The van der Waals surface area contributed by atoms with Crippen molar-refractivity contribution in [1.82, 2.24) is 14.5 Å². The van der Waals surface area contributed by atoms with Gasteiger partial charge in [-0.15, -0.1) is 0 Å². The predicted octanol–water partition coefficient (Wildman–Crippen LogP) is 2.51. The molecule has 0 unspecified atom stereocenters. The van der Waals surface area contributed by atoms with E-state index in [1.807, 2.05) is 24.3 Å². The summed E-state index contributed by atoms with van der Waals surface area (Å²) >= 11 is 0. The molecule has 2 aromatic rings. The Bertz CT molecular complexity index is 1130. The molecule has 2 aromatic carbocycles. The van der Waals surface area contributed by atoms with Crippen molar-refractivity contribution in [3.8, 4) is 5.75 Å². The Balaban J connectivity index is 0.000000604. The number of methoxy groups -OCH3 is 1. The van der Waals surface area contributed by atoms with Gasteiger partial charge < -0.3 is 20.1 Å². The fourth-order valence-electron chi connectivity index (χ4n) is 3.37. The first-order chi connectivity index (χ1) is 17.4. The number of aryl methyl sites for hydroxylation is 1. The monoisotopic (exact) mass is 545 g/mol. The largest absolute Gasteiger partial charge is 0.497 e. The van der Waals surface area contributed by atoms with Crippen LogP contribution in [0.4, 0.5) is 13.2 Å². The zero-order chi connectivity index (χ0) is 27.6. The second-order valence-corrected chi connectivity index (χ2v) is 9.99. The number of sulfonamides is 1. The predicted molar refractivity (Wildman–Crippen MR) is 130 cm³/mol. The summed E-state index contributed by atoms with van der Waals surface area (Å²) in [5, 5.41) is 10.3. The number of carbonyl (C=O) groups is 2. The molecule has 1 fully saturated rings. The van der Waals surface area contributed by atoms with Crippen LogP contribution in [0.1, 0.15) is 18.1 Å². The summed E-state index contributed by atoms with van der Waals surface area (Å²) in [7, 11) is -2.33. The van der Waals surface area contributed by atoms with Crippen molar-refractivity contribution in [2.45, 2.75) is 31.0 Å². The maximum atomic E-state index is 13.4. The number of halogens is 3. The molecule has 2 N–H and O–H groups in total. The maximum Gasteiger partial charge on any atom is 0.490 e. The number of piperazine rings is 1. The zero-order valence-corrected chi connectivity index (χ0v) is 21.3. The van der Waals surface area contributed by atoms with E-state index in [1.54, 1.807) is 17.0 Å². The van der Waals surface area contributed by atoms with Crippen molar-refractivity contribution in [3.63, 3.8) is 0 Å². The molecule has 1 aliphatic rings. The van der Waals surface area contributed by atoms with Crippen LogP contribution in [0, 0.1) is 0 Å². The quantitative estimate of drug-likeness (QED) is 0.524. The minimum atomic E-state index is -5.08. The SMILES string of the molecule is CCc1ccc(CN(CC(=O)N2CCNCC2)S(=O)(=O)c2ccc(OC)cc2)cc1.O=C(O)C(F)(F)F. The number of rotatable bonds is 8. The highest BCUT2D eigenvalue weighted by Crippen LogP contribution is 2.22. The van der Waals surface area contributed by atoms with Gasteiger partial charge in [-0.2, -0.15) is 17.5 Å². The van der Waals surface area contributed by atoms with Gasteiger partial charge in [0.2, 0.25) is 15.9 Å². The van der Waals surface area contributed by atoms with Crippen LogP contribution in [0.25, 0.3) is 0 Å². The van der Waals surface area contributed by atoms with Gasteiger partial charge in [0.15, 0.2) is 0 Å². The number of carboxylic acid groups (broad SMARTS) is 1. The number of aliphatic carboxylic acids is 1. The summed E-state index contributed by atoms with van der Waals surface area (Å²) in [5.74, 6) is -2.36. The van der Waals surface area contributed by atoms with Crippen molar-refractivity contribution >= 4 is 21.9 Å². The molecule has 0 bridgehead atoms. The number of nitrogens with one attached hydrogen (secondary N) is 1. The van der Waals surface area contributed by atoms with E-state index in [1.165, 1.54) is 29.1 Å². The summed E-state index contributed by atoms with van der Waals surface area (Å²) in [6.45, 7) is 4.62. The first-order valence-corrected chi connectivity index (χ1v) is 12.8. The van der Waals surface area contributed by atoms with E-state index >= 15 is 0 Å². The molecule has 13 heteroatoms. The number of amides is 1. The van der Waals surface area contributed by atoms with Crippen LogP contribution < -0.4 is 10.1 Å². The molecule has 9 nitrogen and oxygen atoms in total. The number of carbonyl (C=O) groups excluding carboxylic acids is 1. The van der Waals surface area contributed by atoms with Crippen molar-refractivity contribution < 1.29 is 41.0 Å². The zero-order valence-electron chi connectivity index (χ0n) is 20.5. The van der Waals surface area contributed by atoms with E-state index in [9.17, 15) is 26.4 Å². The van der Waals surface area contributed by atoms with Crippen LogP contribution in [-0.4, -0.2) is 80.6 Å². The van der Waals surface area contributed by atoms with Crippen LogP contribution in [0.15, 0.2) is 53.4 Å². The Morgan fingerprint density at radius 2 is 1.54 bits per heavy atom. The van der Waals surface area contributed by atoms with Crippen molar-refractivity contribution in [2.75, 3.05) is 39.8 Å². The lowest BCUT2D eigenvalue weighted by Crippen LogP contribution is -2.50. The maximum absolute atomic E-state index is 13.4. The molecule has 0 aromatic heterocycles. The Morgan fingerprint density at radius 3 is 2.00 bits per heavy atom. The van der Waals surface area contributed by atoms with Gasteiger partial charge in [0.25, 0.3) is 0 Å². The lowest BCUT2D eigenvalue weighted by atomic mass is 10.1. The first-order valence-electron chi connectivity index (χ1n) is 11.4. The van der Waals surface area contributed by atoms with Crippen molar-refractivity contribution in [3.05, 3.63) is 59.7 Å². The number of carboxylic acids is 1. The molecule has 1 amide bonds. The van der Waals surface area contributed by atoms with Crippen molar-refractivity contribution in [2.24, 2.45) is 0 Å². The van der Waals surface area contributed by atoms with E-state index < -0.39 is 22.2 Å². The Hall–Kier alpha value is -3.16. The third-order valence-corrected chi connectivity index (χ3v) is 7.32. The molecular formula is C24H30F3N3O6S. The highest BCUT2D eigenvalue weighted by atomic mass is 32.2. The Kier molecular flexibility index (Phi) is 10.9. The summed E-state index contributed by atoms with van der Waals surface area (Å²) in [6, 6.07) is 14.1. The molecule has 0 atom stereocenters. The van der Waals surface area contributed by atoms with Crippen LogP contribution in [0.5, 0.6) is 5.75 Å². The Morgan fingerprint density at radius 1 is 1.03 bits per heavy atom. The summed E-state index contributed by atoms with van der Waals surface area (Å²) in [4.78, 5) is 23.6. The highest BCUT2D eigenvalue weighted by Gasteiger charge is 2.38. The molecule has 1 aliphatic heterocycles. The number of nitrogens with zero attached hydrogens (tertiary/aromatic N) is 2. The van der Waals surface area contributed by atoms with Gasteiger partial charge in [0, 0.05) is 32.7 Å². The van der Waals surface area contributed by atoms with Gasteiger partial charge >= 0.3 is 12.1 Å². The second kappa shape index (κ2) is 13.4. The highest BCUT2D eigenvalue weighted by molar-refractivity contribution is 7.89. The van der Waals surface area contributed by atoms with E-state index in [-0.39, 0.29) is 23.9 Å². The van der Waals surface area contributed by atoms with Crippen LogP contribution >= 0.6 is 0 Å². The Labute approximate surface area is 213 Å². The molecule has 0 radical (unpaired) electrons.